The highest BCUT2D eigenvalue weighted by Gasteiger charge is 2.21. The third-order valence-electron chi connectivity index (χ3n) is 6.46. The molecule has 0 aliphatic carbocycles. The van der Waals surface area contributed by atoms with Crippen LogP contribution in [-0.4, -0.2) is 53.1 Å². The number of aromatic nitrogens is 1. The summed E-state index contributed by atoms with van der Waals surface area (Å²) in [5.41, 5.74) is 2.89. The Morgan fingerprint density at radius 1 is 1.03 bits per heavy atom. The van der Waals surface area contributed by atoms with Gasteiger partial charge in [0.05, 0.1) is 5.52 Å². The van der Waals surface area contributed by atoms with Crippen LogP contribution in [0, 0.1) is 5.82 Å². The topological polar surface area (TPSA) is 54.8 Å². The van der Waals surface area contributed by atoms with Crippen LogP contribution in [0.3, 0.4) is 0 Å². The van der Waals surface area contributed by atoms with Gasteiger partial charge in [-0.3, -0.25) is 14.5 Å². The molecule has 0 N–H and O–H groups in total. The van der Waals surface area contributed by atoms with Gasteiger partial charge in [-0.25, -0.2) is 4.39 Å². The number of pyridine rings is 1. The maximum absolute atomic E-state index is 13.1. The molecule has 1 fully saturated rings. The minimum atomic E-state index is -0.232. The van der Waals surface area contributed by atoms with Crippen molar-refractivity contribution < 1.29 is 13.9 Å². The Labute approximate surface area is 199 Å². The minimum absolute atomic E-state index is 0.0227. The van der Waals surface area contributed by atoms with Gasteiger partial charge in [-0.05, 0) is 48.2 Å². The van der Waals surface area contributed by atoms with Crippen LogP contribution in [0.25, 0.3) is 10.9 Å². The Kier molecular flexibility index (Phi) is 7.32. The summed E-state index contributed by atoms with van der Waals surface area (Å²) in [6, 6.07) is 14.0. The lowest BCUT2D eigenvalue weighted by Gasteiger charge is -2.34. The average molecular weight is 466 g/mol. The SMILES string of the molecule is CCn1c(=O)cc(C(C)C)c2ccc(OCC(=O)N3CCN(Cc4ccc(F)cc4)CC3)cc21. The van der Waals surface area contributed by atoms with Crippen LogP contribution in [0.4, 0.5) is 4.39 Å². The highest BCUT2D eigenvalue weighted by molar-refractivity contribution is 5.84. The summed E-state index contributed by atoms with van der Waals surface area (Å²) in [7, 11) is 0. The summed E-state index contributed by atoms with van der Waals surface area (Å²) in [5, 5.41) is 1.03. The van der Waals surface area contributed by atoms with E-state index in [1.807, 2.05) is 30.0 Å². The number of nitrogens with zero attached hydrogens (tertiary/aromatic N) is 3. The molecule has 1 saturated heterocycles. The van der Waals surface area contributed by atoms with Crippen LogP contribution in [-0.2, 0) is 17.9 Å². The van der Waals surface area contributed by atoms with E-state index in [1.165, 1.54) is 12.1 Å². The molecule has 1 aromatic heterocycles. The lowest BCUT2D eigenvalue weighted by atomic mass is 9.98. The number of halogens is 1. The van der Waals surface area contributed by atoms with Gasteiger partial charge in [0.15, 0.2) is 6.61 Å². The van der Waals surface area contributed by atoms with Crippen molar-refractivity contribution in [3.63, 3.8) is 0 Å². The molecule has 1 aliphatic rings. The molecule has 1 amide bonds. The zero-order chi connectivity index (χ0) is 24.2. The minimum Gasteiger partial charge on any atom is -0.484 e. The second-order valence-electron chi connectivity index (χ2n) is 9.09. The standard InChI is InChI=1S/C27H32FN3O3/c1-4-31-25-15-22(9-10-23(25)24(19(2)3)16-26(31)32)34-18-27(33)30-13-11-29(12-14-30)17-20-5-7-21(28)8-6-20/h5-10,15-16,19H,4,11-14,17-18H2,1-3H3. The van der Waals surface area contributed by atoms with Gasteiger partial charge in [0.2, 0.25) is 0 Å². The molecule has 0 spiro atoms. The monoisotopic (exact) mass is 465 g/mol. The Morgan fingerprint density at radius 3 is 2.38 bits per heavy atom. The van der Waals surface area contributed by atoms with Crippen molar-refractivity contribution in [3.8, 4) is 5.75 Å². The summed E-state index contributed by atoms with van der Waals surface area (Å²) < 4.78 is 20.7. The number of carbonyl (C=O) groups is 1. The van der Waals surface area contributed by atoms with Gasteiger partial charge in [0.1, 0.15) is 11.6 Å². The fraction of sp³-hybridized carbons (Fsp3) is 0.407. The molecule has 2 heterocycles. The van der Waals surface area contributed by atoms with Crippen molar-refractivity contribution in [1.29, 1.82) is 0 Å². The fourth-order valence-corrected chi connectivity index (χ4v) is 4.52. The molecule has 0 atom stereocenters. The van der Waals surface area contributed by atoms with Crippen LogP contribution in [0.2, 0.25) is 0 Å². The predicted molar refractivity (Wildman–Crippen MR) is 132 cm³/mol. The Bertz CT molecular complexity index is 1210. The normalized spacial score (nSPS) is 14.7. The zero-order valence-corrected chi connectivity index (χ0v) is 20.1. The van der Waals surface area contributed by atoms with Crippen molar-refractivity contribution in [3.05, 3.63) is 75.8 Å². The van der Waals surface area contributed by atoms with Gasteiger partial charge < -0.3 is 14.2 Å². The number of aryl methyl sites for hydroxylation is 1. The number of rotatable bonds is 7. The molecule has 2 aromatic carbocycles. The second kappa shape index (κ2) is 10.4. The first-order valence-corrected chi connectivity index (χ1v) is 11.9. The number of hydrogen-bond acceptors (Lipinski definition) is 4. The number of piperazine rings is 1. The summed E-state index contributed by atoms with van der Waals surface area (Å²) >= 11 is 0. The molecule has 3 aromatic rings. The number of carbonyl (C=O) groups excluding carboxylic acids is 1. The molecule has 180 valence electrons. The molecule has 1 aliphatic heterocycles. The number of benzene rings is 2. The van der Waals surface area contributed by atoms with Gasteiger partial charge in [-0.15, -0.1) is 0 Å². The highest BCUT2D eigenvalue weighted by Crippen LogP contribution is 2.27. The van der Waals surface area contributed by atoms with Gasteiger partial charge >= 0.3 is 0 Å². The van der Waals surface area contributed by atoms with Gasteiger partial charge in [-0.2, -0.15) is 0 Å². The zero-order valence-electron chi connectivity index (χ0n) is 20.1. The third kappa shape index (κ3) is 5.30. The number of amides is 1. The van der Waals surface area contributed by atoms with Crippen molar-refractivity contribution in [1.82, 2.24) is 14.4 Å². The first-order chi connectivity index (χ1) is 16.4. The molecular weight excluding hydrogens is 433 g/mol. The first kappa shape index (κ1) is 24.0. The van der Waals surface area contributed by atoms with Crippen molar-refractivity contribution >= 4 is 16.8 Å². The van der Waals surface area contributed by atoms with E-state index in [0.717, 1.165) is 41.7 Å². The molecule has 7 heteroatoms. The molecule has 0 unspecified atom stereocenters. The first-order valence-electron chi connectivity index (χ1n) is 11.9. The maximum Gasteiger partial charge on any atom is 0.260 e. The smallest absolute Gasteiger partial charge is 0.260 e. The van der Waals surface area contributed by atoms with Crippen molar-refractivity contribution in [2.75, 3.05) is 32.8 Å². The molecule has 34 heavy (non-hydrogen) atoms. The Hall–Kier alpha value is -3.19. The number of hydrogen-bond donors (Lipinski definition) is 0. The lowest BCUT2D eigenvalue weighted by Crippen LogP contribution is -2.49. The van der Waals surface area contributed by atoms with E-state index >= 15 is 0 Å². The van der Waals surface area contributed by atoms with Crippen LogP contribution < -0.4 is 10.3 Å². The van der Waals surface area contributed by atoms with E-state index in [4.69, 9.17) is 4.74 Å². The quantitative estimate of drug-likeness (QED) is 0.529. The molecule has 6 nitrogen and oxygen atoms in total. The Balaban J connectivity index is 1.37. The summed E-state index contributed by atoms with van der Waals surface area (Å²) in [4.78, 5) is 29.4. The Morgan fingerprint density at radius 2 is 1.74 bits per heavy atom. The van der Waals surface area contributed by atoms with Gasteiger partial charge in [0, 0.05) is 56.8 Å². The van der Waals surface area contributed by atoms with Crippen LogP contribution in [0.1, 0.15) is 37.8 Å². The van der Waals surface area contributed by atoms with E-state index in [0.29, 0.717) is 25.4 Å². The number of ether oxygens (including phenoxy) is 1. The van der Waals surface area contributed by atoms with Crippen molar-refractivity contribution in [2.45, 2.75) is 39.8 Å². The summed E-state index contributed by atoms with van der Waals surface area (Å²) in [5.74, 6) is 0.532. The predicted octanol–water partition coefficient (Wildman–Crippen LogP) is 4.01. The molecular formula is C27H32FN3O3. The fourth-order valence-electron chi connectivity index (χ4n) is 4.52. The van der Waals surface area contributed by atoms with E-state index in [-0.39, 0.29) is 29.8 Å². The summed E-state index contributed by atoms with van der Waals surface area (Å²) in [6.45, 7) is 10.2. The summed E-state index contributed by atoms with van der Waals surface area (Å²) in [6.07, 6.45) is 0. The lowest BCUT2D eigenvalue weighted by molar-refractivity contribution is -0.135. The van der Waals surface area contributed by atoms with Gasteiger partial charge in [0.25, 0.3) is 11.5 Å². The highest BCUT2D eigenvalue weighted by atomic mass is 19.1. The average Bonchev–Trinajstić information content (AvgIpc) is 2.83. The second-order valence-corrected chi connectivity index (χ2v) is 9.09. The molecule has 4 rings (SSSR count). The van der Waals surface area contributed by atoms with E-state index < -0.39 is 0 Å². The van der Waals surface area contributed by atoms with Gasteiger partial charge in [-0.1, -0.05) is 26.0 Å². The maximum atomic E-state index is 13.1. The van der Waals surface area contributed by atoms with E-state index in [1.54, 1.807) is 22.8 Å². The van der Waals surface area contributed by atoms with Crippen LogP contribution in [0.15, 0.2) is 53.3 Å². The molecule has 0 radical (unpaired) electrons. The number of fused-ring (bicyclic) bond motifs is 1. The van der Waals surface area contributed by atoms with Crippen molar-refractivity contribution in [2.24, 2.45) is 0 Å². The van der Waals surface area contributed by atoms with Crippen LogP contribution in [0.5, 0.6) is 5.75 Å². The molecule has 0 bridgehead atoms. The van der Waals surface area contributed by atoms with E-state index in [2.05, 4.69) is 18.7 Å². The van der Waals surface area contributed by atoms with Crippen LogP contribution >= 0.6 is 0 Å². The largest absolute Gasteiger partial charge is 0.484 e. The van der Waals surface area contributed by atoms with E-state index in [9.17, 15) is 14.0 Å². The third-order valence-corrected chi connectivity index (χ3v) is 6.46. The molecule has 0 saturated carbocycles.